The van der Waals surface area contributed by atoms with E-state index in [1.807, 2.05) is 18.7 Å². The van der Waals surface area contributed by atoms with Gasteiger partial charge in [-0.1, -0.05) is 0 Å². The number of amides is 4. The fraction of sp³-hybridized carbons (Fsp3) is 0.562. The SMILES string of the molecule is CC(C)N1C(=O)N[C@]2(CCN(CC(=O)NCc3ccco3)C2)C1=O. The van der Waals surface area contributed by atoms with Gasteiger partial charge in [0.15, 0.2) is 0 Å². The molecule has 2 saturated heterocycles. The maximum absolute atomic E-state index is 12.6. The average Bonchev–Trinajstić information content (AvgIpc) is 3.19. The van der Waals surface area contributed by atoms with Gasteiger partial charge in [-0.05, 0) is 32.4 Å². The number of carbonyl (C=O) groups is 3. The van der Waals surface area contributed by atoms with Crippen LogP contribution in [0.3, 0.4) is 0 Å². The molecule has 8 heteroatoms. The zero-order valence-electron chi connectivity index (χ0n) is 13.9. The van der Waals surface area contributed by atoms with Gasteiger partial charge in [0.05, 0.1) is 19.4 Å². The molecule has 1 atom stereocenters. The number of likely N-dealkylation sites (tertiary alicyclic amines) is 1. The fourth-order valence-corrected chi connectivity index (χ4v) is 3.27. The summed E-state index contributed by atoms with van der Waals surface area (Å²) in [5.41, 5.74) is -0.886. The normalized spacial score (nSPS) is 24.2. The van der Waals surface area contributed by atoms with Gasteiger partial charge in [-0.15, -0.1) is 0 Å². The van der Waals surface area contributed by atoms with Gasteiger partial charge in [0.1, 0.15) is 11.3 Å². The minimum absolute atomic E-state index is 0.138. The Hall–Kier alpha value is -2.35. The molecule has 1 spiro atoms. The van der Waals surface area contributed by atoms with E-state index in [0.29, 0.717) is 31.8 Å². The van der Waals surface area contributed by atoms with Crippen LogP contribution in [0.2, 0.25) is 0 Å². The lowest BCUT2D eigenvalue weighted by atomic mass is 9.98. The van der Waals surface area contributed by atoms with Crippen molar-refractivity contribution in [2.45, 2.75) is 38.4 Å². The van der Waals surface area contributed by atoms with E-state index in [-0.39, 0.29) is 30.4 Å². The molecule has 2 N–H and O–H groups in total. The summed E-state index contributed by atoms with van der Waals surface area (Å²) in [6, 6.07) is 3.03. The highest BCUT2D eigenvalue weighted by Gasteiger charge is 2.55. The van der Waals surface area contributed by atoms with Crippen LogP contribution in [0.4, 0.5) is 4.79 Å². The molecule has 1 aromatic rings. The van der Waals surface area contributed by atoms with Crippen LogP contribution >= 0.6 is 0 Å². The molecule has 1 aromatic heterocycles. The Labute approximate surface area is 140 Å². The second-order valence-corrected chi connectivity index (χ2v) is 6.60. The third-order valence-corrected chi connectivity index (χ3v) is 4.47. The molecule has 8 nitrogen and oxygen atoms in total. The summed E-state index contributed by atoms with van der Waals surface area (Å²) in [4.78, 5) is 39.8. The number of carbonyl (C=O) groups excluding carboxylic acids is 3. The lowest BCUT2D eigenvalue weighted by molar-refractivity contribution is -0.132. The van der Waals surface area contributed by atoms with Gasteiger partial charge < -0.3 is 15.1 Å². The lowest BCUT2D eigenvalue weighted by Gasteiger charge is -2.23. The predicted molar refractivity (Wildman–Crippen MR) is 84.9 cm³/mol. The van der Waals surface area contributed by atoms with Crippen molar-refractivity contribution in [3.63, 3.8) is 0 Å². The number of urea groups is 1. The Morgan fingerprint density at radius 1 is 1.46 bits per heavy atom. The molecule has 2 fully saturated rings. The van der Waals surface area contributed by atoms with Crippen LogP contribution < -0.4 is 10.6 Å². The van der Waals surface area contributed by atoms with Gasteiger partial charge in [0, 0.05) is 19.1 Å². The third kappa shape index (κ3) is 3.01. The first-order valence-corrected chi connectivity index (χ1v) is 8.08. The predicted octanol–water partition coefficient (Wildman–Crippen LogP) is 0.301. The zero-order chi connectivity index (χ0) is 17.3. The van der Waals surface area contributed by atoms with Crippen molar-refractivity contribution in [2.75, 3.05) is 19.6 Å². The highest BCUT2D eigenvalue weighted by atomic mass is 16.3. The molecule has 0 radical (unpaired) electrons. The molecule has 130 valence electrons. The van der Waals surface area contributed by atoms with Crippen LogP contribution in [-0.2, 0) is 16.1 Å². The minimum atomic E-state index is -0.886. The Morgan fingerprint density at radius 3 is 2.88 bits per heavy atom. The molecule has 24 heavy (non-hydrogen) atoms. The molecule has 4 amide bonds. The number of imide groups is 1. The highest BCUT2D eigenvalue weighted by Crippen LogP contribution is 2.29. The van der Waals surface area contributed by atoms with E-state index < -0.39 is 5.54 Å². The minimum Gasteiger partial charge on any atom is -0.467 e. The lowest BCUT2D eigenvalue weighted by Crippen LogP contribution is -2.50. The van der Waals surface area contributed by atoms with Crippen LogP contribution in [0.15, 0.2) is 22.8 Å². The van der Waals surface area contributed by atoms with Gasteiger partial charge >= 0.3 is 6.03 Å². The second-order valence-electron chi connectivity index (χ2n) is 6.60. The van der Waals surface area contributed by atoms with Crippen molar-refractivity contribution in [2.24, 2.45) is 0 Å². The molecule has 2 aliphatic heterocycles. The van der Waals surface area contributed by atoms with Crippen molar-refractivity contribution in [3.05, 3.63) is 24.2 Å². The monoisotopic (exact) mass is 334 g/mol. The van der Waals surface area contributed by atoms with Gasteiger partial charge in [0.25, 0.3) is 5.91 Å². The van der Waals surface area contributed by atoms with Crippen LogP contribution in [-0.4, -0.2) is 58.9 Å². The van der Waals surface area contributed by atoms with Crippen molar-refractivity contribution in [1.82, 2.24) is 20.4 Å². The number of rotatable bonds is 5. The van der Waals surface area contributed by atoms with Crippen LogP contribution in [0.25, 0.3) is 0 Å². The largest absolute Gasteiger partial charge is 0.467 e. The molecule has 0 unspecified atom stereocenters. The maximum Gasteiger partial charge on any atom is 0.325 e. The molecular weight excluding hydrogens is 312 g/mol. The van der Waals surface area contributed by atoms with E-state index in [2.05, 4.69) is 10.6 Å². The third-order valence-electron chi connectivity index (χ3n) is 4.47. The molecular formula is C16H22N4O4. The summed E-state index contributed by atoms with van der Waals surface area (Å²) in [7, 11) is 0. The number of nitrogens with zero attached hydrogens (tertiary/aromatic N) is 2. The number of hydrogen-bond acceptors (Lipinski definition) is 5. The van der Waals surface area contributed by atoms with Crippen molar-refractivity contribution in [3.8, 4) is 0 Å². The van der Waals surface area contributed by atoms with E-state index in [0.717, 1.165) is 0 Å². The summed E-state index contributed by atoms with van der Waals surface area (Å²) in [5, 5.41) is 5.60. The summed E-state index contributed by atoms with van der Waals surface area (Å²) < 4.78 is 5.16. The van der Waals surface area contributed by atoms with Crippen LogP contribution in [0.1, 0.15) is 26.0 Å². The zero-order valence-corrected chi connectivity index (χ0v) is 13.9. The number of hydrogen-bond donors (Lipinski definition) is 2. The summed E-state index contributed by atoms with van der Waals surface area (Å²) >= 11 is 0. The smallest absolute Gasteiger partial charge is 0.325 e. The van der Waals surface area contributed by atoms with Crippen molar-refractivity contribution in [1.29, 1.82) is 0 Å². The standard InChI is InChI=1S/C16H22N4O4/c1-11(2)20-14(22)16(18-15(20)23)5-6-19(10-16)9-13(21)17-8-12-4-3-7-24-12/h3-4,7,11H,5-6,8-10H2,1-2H3,(H,17,21)(H,18,23)/t16-/m0/s1. The molecule has 0 bridgehead atoms. The molecule has 3 rings (SSSR count). The number of furan rings is 1. The fourth-order valence-electron chi connectivity index (χ4n) is 3.27. The van der Waals surface area contributed by atoms with E-state index >= 15 is 0 Å². The van der Waals surface area contributed by atoms with Gasteiger partial charge in [-0.3, -0.25) is 19.4 Å². The van der Waals surface area contributed by atoms with E-state index in [1.54, 1.807) is 18.4 Å². The Morgan fingerprint density at radius 2 is 2.25 bits per heavy atom. The molecule has 0 saturated carbocycles. The Balaban J connectivity index is 1.54. The summed E-state index contributed by atoms with van der Waals surface area (Å²) in [6.45, 7) is 5.09. The summed E-state index contributed by atoms with van der Waals surface area (Å²) in [5.74, 6) is 0.356. The van der Waals surface area contributed by atoms with Gasteiger partial charge in [-0.25, -0.2) is 4.79 Å². The highest BCUT2D eigenvalue weighted by molar-refractivity contribution is 6.07. The second kappa shape index (κ2) is 6.27. The van der Waals surface area contributed by atoms with E-state index in [9.17, 15) is 14.4 Å². The van der Waals surface area contributed by atoms with Crippen molar-refractivity contribution >= 4 is 17.8 Å². The average molecular weight is 334 g/mol. The van der Waals surface area contributed by atoms with E-state index in [1.165, 1.54) is 4.90 Å². The molecule has 0 aliphatic carbocycles. The first kappa shape index (κ1) is 16.5. The van der Waals surface area contributed by atoms with E-state index in [4.69, 9.17) is 4.42 Å². The first-order valence-electron chi connectivity index (χ1n) is 8.08. The maximum atomic E-state index is 12.6. The van der Waals surface area contributed by atoms with Gasteiger partial charge in [0.2, 0.25) is 5.91 Å². The summed E-state index contributed by atoms with van der Waals surface area (Å²) in [6.07, 6.45) is 2.08. The first-order chi connectivity index (χ1) is 11.4. The Kier molecular flexibility index (Phi) is 4.31. The number of nitrogens with one attached hydrogen (secondary N) is 2. The van der Waals surface area contributed by atoms with Crippen LogP contribution in [0.5, 0.6) is 0 Å². The van der Waals surface area contributed by atoms with Gasteiger partial charge in [-0.2, -0.15) is 0 Å². The van der Waals surface area contributed by atoms with Crippen LogP contribution in [0, 0.1) is 0 Å². The molecule has 2 aliphatic rings. The topological polar surface area (TPSA) is 94.9 Å². The quantitative estimate of drug-likeness (QED) is 0.755. The Bertz CT molecular complexity index is 643. The molecule has 0 aromatic carbocycles. The molecule has 3 heterocycles. The van der Waals surface area contributed by atoms with Crippen molar-refractivity contribution < 1.29 is 18.8 Å².